The van der Waals surface area contributed by atoms with Crippen molar-refractivity contribution in [2.24, 2.45) is 11.1 Å². The molecule has 7 heteroatoms. The Labute approximate surface area is 127 Å². The van der Waals surface area contributed by atoms with Gasteiger partial charge in [-0.2, -0.15) is 0 Å². The maximum Gasteiger partial charge on any atom is 0.324 e. The highest BCUT2D eigenvalue weighted by molar-refractivity contribution is 7.15. The molecule has 1 spiro atoms. The van der Waals surface area contributed by atoms with Gasteiger partial charge in [-0.15, -0.1) is 11.3 Å². The van der Waals surface area contributed by atoms with E-state index in [9.17, 15) is 9.59 Å². The Hall–Kier alpha value is -1.63. The second-order valence-electron chi connectivity index (χ2n) is 5.92. The maximum atomic E-state index is 12.4. The highest BCUT2D eigenvalue weighted by Gasteiger charge is 2.59. The van der Waals surface area contributed by atoms with E-state index in [0.29, 0.717) is 11.7 Å². The van der Waals surface area contributed by atoms with Gasteiger partial charge in [-0.05, 0) is 25.7 Å². The van der Waals surface area contributed by atoms with Gasteiger partial charge in [0.1, 0.15) is 6.04 Å². The summed E-state index contributed by atoms with van der Waals surface area (Å²) in [5, 5.41) is 3.39. The Bertz CT molecular complexity index is 567. The van der Waals surface area contributed by atoms with E-state index in [0.717, 1.165) is 37.0 Å². The van der Waals surface area contributed by atoms with Crippen LogP contribution in [0.4, 0.5) is 9.93 Å². The Balaban J connectivity index is 1.68. The lowest BCUT2D eigenvalue weighted by Crippen LogP contribution is -2.48. The fourth-order valence-electron chi connectivity index (χ4n) is 3.19. The summed E-state index contributed by atoms with van der Waals surface area (Å²) in [4.78, 5) is 31.0. The Morgan fingerprint density at radius 2 is 2.29 bits per heavy atom. The number of likely N-dealkylation sites (tertiary alicyclic amines) is 1. The molecule has 1 aliphatic heterocycles. The number of rotatable bonds is 4. The zero-order valence-corrected chi connectivity index (χ0v) is 12.9. The molecule has 2 fully saturated rings. The molecule has 1 aromatic heterocycles. The van der Waals surface area contributed by atoms with Gasteiger partial charge in [0.2, 0.25) is 5.91 Å². The zero-order valence-electron chi connectivity index (χ0n) is 12.1. The van der Waals surface area contributed by atoms with E-state index in [2.05, 4.69) is 17.2 Å². The number of anilines is 1. The number of thiazole rings is 1. The fourth-order valence-corrected chi connectivity index (χ4v) is 4.09. The van der Waals surface area contributed by atoms with E-state index in [1.54, 1.807) is 11.1 Å². The minimum absolute atomic E-state index is 0.0422. The number of nitrogens with one attached hydrogen (secondary N) is 1. The number of hydrogen-bond donors (Lipinski definition) is 2. The van der Waals surface area contributed by atoms with Gasteiger partial charge >= 0.3 is 6.03 Å². The van der Waals surface area contributed by atoms with Crippen molar-refractivity contribution in [3.63, 3.8) is 0 Å². The van der Waals surface area contributed by atoms with Crippen molar-refractivity contribution in [3.8, 4) is 0 Å². The lowest BCUT2D eigenvalue weighted by atomic mass is 9.97. The predicted octanol–water partition coefficient (Wildman–Crippen LogP) is 1.97. The topological polar surface area (TPSA) is 88.3 Å². The monoisotopic (exact) mass is 308 g/mol. The maximum absolute atomic E-state index is 12.4. The Kier molecular flexibility index (Phi) is 3.61. The number of aromatic nitrogens is 1. The zero-order chi connectivity index (χ0) is 15.0. The van der Waals surface area contributed by atoms with Crippen LogP contribution in [0.5, 0.6) is 0 Å². The summed E-state index contributed by atoms with van der Waals surface area (Å²) in [7, 11) is 0. The van der Waals surface area contributed by atoms with Crippen LogP contribution < -0.4 is 11.1 Å². The van der Waals surface area contributed by atoms with Gasteiger partial charge in [0, 0.05) is 23.0 Å². The van der Waals surface area contributed by atoms with Crippen LogP contribution >= 0.6 is 11.3 Å². The van der Waals surface area contributed by atoms with Gasteiger partial charge in [-0.3, -0.25) is 10.1 Å². The van der Waals surface area contributed by atoms with Gasteiger partial charge in [-0.1, -0.05) is 13.3 Å². The number of nitrogens with zero attached hydrogens (tertiary/aromatic N) is 2. The van der Waals surface area contributed by atoms with E-state index in [1.165, 1.54) is 11.3 Å². The summed E-state index contributed by atoms with van der Waals surface area (Å²) >= 11 is 1.48. The first-order valence-electron chi connectivity index (χ1n) is 7.37. The van der Waals surface area contributed by atoms with Crippen molar-refractivity contribution < 1.29 is 9.59 Å². The molecule has 0 bridgehead atoms. The predicted molar refractivity (Wildman–Crippen MR) is 81.1 cm³/mol. The molecule has 0 aromatic carbocycles. The van der Waals surface area contributed by atoms with Crippen molar-refractivity contribution >= 4 is 28.4 Å². The highest BCUT2D eigenvalue weighted by atomic mass is 32.1. The molecule has 21 heavy (non-hydrogen) atoms. The highest BCUT2D eigenvalue weighted by Crippen LogP contribution is 2.56. The third-order valence-corrected chi connectivity index (χ3v) is 5.40. The molecule has 1 atom stereocenters. The second-order valence-corrected chi connectivity index (χ2v) is 7.04. The molecule has 0 unspecified atom stereocenters. The van der Waals surface area contributed by atoms with Gasteiger partial charge in [-0.25, -0.2) is 9.78 Å². The Morgan fingerprint density at radius 3 is 2.90 bits per heavy atom. The van der Waals surface area contributed by atoms with Crippen LogP contribution in [0.25, 0.3) is 0 Å². The lowest BCUT2D eigenvalue weighted by molar-refractivity contribution is -0.122. The second kappa shape index (κ2) is 5.29. The average molecular weight is 308 g/mol. The molecule has 2 aliphatic rings. The van der Waals surface area contributed by atoms with Crippen LogP contribution in [-0.2, 0) is 11.2 Å². The van der Waals surface area contributed by atoms with E-state index < -0.39 is 11.9 Å². The molecule has 3 N–H and O–H groups in total. The lowest BCUT2D eigenvalue weighted by Gasteiger charge is -2.25. The van der Waals surface area contributed by atoms with Gasteiger partial charge in [0.25, 0.3) is 0 Å². The fraction of sp³-hybridized carbons (Fsp3) is 0.643. The molecule has 0 radical (unpaired) electrons. The van der Waals surface area contributed by atoms with Crippen LogP contribution in [0, 0.1) is 5.41 Å². The summed E-state index contributed by atoms with van der Waals surface area (Å²) < 4.78 is 0. The average Bonchev–Trinajstić information content (AvgIpc) is 2.89. The summed E-state index contributed by atoms with van der Waals surface area (Å²) in [5.74, 6) is -0.397. The molecule has 1 saturated heterocycles. The first-order chi connectivity index (χ1) is 10.1. The number of primary amides is 1. The number of hydrogen-bond acceptors (Lipinski definition) is 4. The normalized spacial score (nSPS) is 22.5. The third kappa shape index (κ3) is 2.62. The molecule has 6 nitrogen and oxygen atoms in total. The molecule has 3 amide bonds. The molecule has 1 aromatic rings. The summed E-state index contributed by atoms with van der Waals surface area (Å²) in [5.41, 5.74) is 5.46. The van der Waals surface area contributed by atoms with Crippen molar-refractivity contribution in [1.82, 2.24) is 9.88 Å². The molecular weight excluding hydrogens is 288 g/mol. The number of carbonyl (C=O) groups is 2. The van der Waals surface area contributed by atoms with Crippen LogP contribution in [0.3, 0.4) is 0 Å². The van der Waals surface area contributed by atoms with E-state index in [-0.39, 0.29) is 11.4 Å². The van der Waals surface area contributed by atoms with Crippen molar-refractivity contribution in [2.45, 2.75) is 45.1 Å². The largest absolute Gasteiger partial charge is 0.368 e. The number of carbonyl (C=O) groups excluding carboxylic acids is 2. The first kappa shape index (κ1) is 14.3. The number of amides is 3. The Morgan fingerprint density at radius 1 is 1.52 bits per heavy atom. The van der Waals surface area contributed by atoms with Gasteiger partial charge in [0.15, 0.2) is 5.13 Å². The quantitative estimate of drug-likeness (QED) is 0.891. The molecule has 1 aliphatic carbocycles. The standard InChI is InChI=1S/C14H20N4O2S/c1-2-3-9-8-16-12(21-9)17-13(20)18-7-6-14(4-5-14)10(18)11(15)19/h8,10H,2-7H2,1H3,(H2,15,19)(H,16,17,20)/t10-/m1/s1. The summed E-state index contributed by atoms with van der Waals surface area (Å²) in [6.07, 6.45) is 6.65. The van der Waals surface area contributed by atoms with E-state index >= 15 is 0 Å². The van der Waals surface area contributed by atoms with Crippen LogP contribution in [0.1, 0.15) is 37.5 Å². The summed E-state index contributed by atoms with van der Waals surface area (Å²) in [6.45, 7) is 2.70. The van der Waals surface area contributed by atoms with E-state index in [4.69, 9.17) is 5.73 Å². The van der Waals surface area contributed by atoms with E-state index in [1.807, 2.05) is 0 Å². The van der Waals surface area contributed by atoms with Crippen molar-refractivity contribution in [2.75, 3.05) is 11.9 Å². The molecule has 114 valence electrons. The van der Waals surface area contributed by atoms with Crippen molar-refractivity contribution in [3.05, 3.63) is 11.1 Å². The van der Waals surface area contributed by atoms with Gasteiger partial charge in [0.05, 0.1) is 0 Å². The third-order valence-electron chi connectivity index (χ3n) is 4.43. The minimum Gasteiger partial charge on any atom is -0.368 e. The first-order valence-corrected chi connectivity index (χ1v) is 8.19. The van der Waals surface area contributed by atoms with Crippen LogP contribution in [-0.4, -0.2) is 34.4 Å². The van der Waals surface area contributed by atoms with Crippen LogP contribution in [0.2, 0.25) is 0 Å². The number of aryl methyl sites for hydroxylation is 1. The summed E-state index contributed by atoms with van der Waals surface area (Å²) in [6, 6.07) is -0.729. The smallest absolute Gasteiger partial charge is 0.324 e. The molecule has 2 heterocycles. The molecule has 1 saturated carbocycles. The van der Waals surface area contributed by atoms with Crippen molar-refractivity contribution in [1.29, 1.82) is 0 Å². The minimum atomic E-state index is -0.465. The molecule has 3 rings (SSSR count). The van der Waals surface area contributed by atoms with Crippen LogP contribution in [0.15, 0.2) is 6.20 Å². The molecular formula is C14H20N4O2S. The number of nitrogens with two attached hydrogens (primary N) is 1. The SMILES string of the molecule is CCCc1cnc(NC(=O)N2CCC3(CC3)[C@H]2C(N)=O)s1. The number of urea groups is 1. The van der Waals surface area contributed by atoms with Gasteiger partial charge < -0.3 is 10.6 Å².